The maximum atomic E-state index is 12.7. The molecule has 1 amide bonds. The largest absolute Gasteiger partial charge is 0.457 e. The molecule has 5 nitrogen and oxygen atoms in total. The molecule has 5 heteroatoms. The van der Waals surface area contributed by atoms with Gasteiger partial charge in [0.15, 0.2) is 0 Å². The number of morpholine rings is 1. The van der Waals surface area contributed by atoms with Crippen LogP contribution in [0.15, 0.2) is 60.7 Å². The summed E-state index contributed by atoms with van der Waals surface area (Å²) in [5, 5.41) is 0. The lowest BCUT2D eigenvalue weighted by Crippen LogP contribution is -2.61. The van der Waals surface area contributed by atoms with Crippen LogP contribution in [0.1, 0.15) is 31.1 Å². The van der Waals surface area contributed by atoms with Gasteiger partial charge < -0.3 is 14.4 Å². The third-order valence-corrected chi connectivity index (χ3v) is 4.75. The Kier molecular flexibility index (Phi) is 5.38. The van der Waals surface area contributed by atoms with E-state index in [-0.39, 0.29) is 12.5 Å². The standard InChI is InChI=1S/C21H23NO4/c1-21(2)20(19(25-15-23)17-11-7-4-8-12-17)22(18(24)14-26-21)13-16-9-5-3-6-10-16/h3-12,15,19-20H,13-14H2,1-2H3. The van der Waals surface area contributed by atoms with Crippen LogP contribution in [0.3, 0.4) is 0 Å². The zero-order chi connectivity index (χ0) is 18.6. The van der Waals surface area contributed by atoms with Crippen LogP contribution in [0.25, 0.3) is 0 Å². The van der Waals surface area contributed by atoms with E-state index in [0.29, 0.717) is 13.0 Å². The van der Waals surface area contributed by atoms with Crippen LogP contribution in [0.4, 0.5) is 0 Å². The van der Waals surface area contributed by atoms with Gasteiger partial charge in [-0.3, -0.25) is 9.59 Å². The van der Waals surface area contributed by atoms with E-state index in [9.17, 15) is 9.59 Å². The quantitative estimate of drug-likeness (QED) is 0.749. The van der Waals surface area contributed by atoms with E-state index >= 15 is 0 Å². The van der Waals surface area contributed by atoms with Crippen molar-refractivity contribution >= 4 is 12.4 Å². The van der Waals surface area contributed by atoms with Gasteiger partial charge in [-0.15, -0.1) is 0 Å². The molecule has 3 rings (SSSR count). The molecule has 0 aliphatic carbocycles. The number of carbonyl (C=O) groups is 2. The number of carbonyl (C=O) groups excluding carboxylic acids is 2. The molecule has 1 fully saturated rings. The van der Waals surface area contributed by atoms with E-state index in [1.54, 1.807) is 4.90 Å². The van der Waals surface area contributed by atoms with Crippen molar-refractivity contribution in [3.8, 4) is 0 Å². The highest BCUT2D eigenvalue weighted by Crippen LogP contribution is 2.37. The van der Waals surface area contributed by atoms with E-state index in [4.69, 9.17) is 9.47 Å². The van der Waals surface area contributed by atoms with E-state index in [1.165, 1.54) is 0 Å². The summed E-state index contributed by atoms with van der Waals surface area (Å²) in [7, 11) is 0. The Morgan fingerprint density at radius 2 is 1.77 bits per heavy atom. The summed E-state index contributed by atoms with van der Waals surface area (Å²) in [6.45, 7) is 4.73. The van der Waals surface area contributed by atoms with Crippen molar-refractivity contribution in [1.29, 1.82) is 0 Å². The predicted molar refractivity (Wildman–Crippen MR) is 97.1 cm³/mol. The van der Waals surface area contributed by atoms with Crippen LogP contribution < -0.4 is 0 Å². The van der Waals surface area contributed by atoms with E-state index in [0.717, 1.165) is 11.1 Å². The fourth-order valence-electron chi connectivity index (χ4n) is 3.48. The zero-order valence-corrected chi connectivity index (χ0v) is 15.0. The Morgan fingerprint density at radius 3 is 2.38 bits per heavy atom. The number of ether oxygens (including phenoxy) is 2. The van der Waals surface area contributed by atoms with Crippen LogP contribution >= 0.6 is 0 Å². The zero-order valence-electron chi connectivity index (χ0n) is 15.0. The minimum absolute atomic E-state index is 0.0128. The maximum Gasteiger partial charge on any atom is 0.293 e. The lowest BCUT2D eigenvalue weighted by atomic mass is 9.86. The van der Waals surface area contributed by atoms with Gasteiger partial charge in [0.2, 0.25) is 5.91 Å². The van der Waals surface area contributed by atoms with Crippen LogP contribution in [0, 0.1) is 0 Å². The molecule has 2 unspecified atom stereocenters. The van der Waals surface area contributed by atoms with Crippen LogP contribution in [0.2, 0.25) is 0 Å². The molecule has 0 saturated carbocycles. The lowest BCUT2D eigenvalue weighted by molar-refractivity contribution is -0.190. The maximum absolute atomic E-state index is 12.7. The SMILES string of the molecule is CC1(C)OCC(=O)N(Cc2ccccc2)C1C(OC=O)c1ccccc1. The van der Waals surface area contributed by atoms with Crippen molar-refractivity contribution in [1.82, 2.24) is 4.90 Å². The third kappa shape index (κ3) is 3.78. The predicted octanol–water partition coefficient (Wildman–Crippen LogP) is 3.11. The smallest absolute Gasteiger partial charge is 0.293 e. The molecule has 136 valence electrons. The van der Waals surface area contributed by atoms with E-state index in [1.807, 2.05) is 74.5 Å². The second-order valence-electron chi connectivity index (χ2n) is 6.91. The monoisotopic (exact) mass is 353 g/mol. The molecule has 0 spiro atoms. The van der Waals surface area contributed by atoms with Crippen LogP contribution in [-0.4, -0.2) is 35.5 Å². The van der Waals surface area contributed by atoms with Gasteiger partial charge in [0.1, 0.15) is 18.8 Å². The van der Waals surface area contributed by atoms with Gasteiger partial charge in [-0.05, 0) is 25.0 Å². The molecule has 2 aromatic rings. The molecule has 0 radical (unpaired) electrons. The van der Waals surface area contributed by atoms with Gasteiger partial charge in [-0.2, -0.15) is 0 Å². The number of benzene rings is 2. The second-order valence-corrected chi connectivity index (χ2v) is 6.91. The highest BCUT2D eigenvalue weighted by molar-refractivity contribution is 5.79. The summed E-state index contributed by atoms with van der Waals surface area (Å²) >= 11 is 0. The normalized spacial score (nSPS) is 20.5. The summed E-state index contributed by atoms with van der Waals surface area (Å²) in [6.07, 6.45) is -0.614. The molecule has 1 aliphatic rings. The molecule has 1 aliphatic heterocycles. The summed E-state index contributed by atoms with van der Waals surface area (Å²) in [6, 6.07) is 18.8. The third-order valence-electron chi connectivity index (χ3n) is 4.75. The number of hydrogen-bond acceptors (Lipinski definition) is 4. The first kappa shape index (κ1) is 18.1. The van der Waals surface area contributed by atoms with E-state index in [2.05, 4.69) is 0 Å². The Morgan fingerprint density at radius 1 is 1.15 bits per heavy atom. The van der Waals surface area contributed by atoms with Gasteiger partial charge in [0, 0.05) is 6.54 Å². The van der Waals surface area contributed by atoms with Crippen LogP contribution in [0.5, 0.6) is 0 Å². The van der Waals surface area contributed by atoms with Gasteiger partial charge in [-0.25, -0.2) is 0 Å². The van der Waals surface area contributed by atoms with Crippen LogP contribution in [-0.2, 0) is 25.6 Å². The van der Waals surface area contributed by atoms with Crippen molar-refractivity contribution in [2.24, 2.45) is 0 Å². The fraction of sp³-hybridized carbons (Fsp3) is 0.333. The molecular formula is C21H23NO4. The first-order valence-electron chi connectivity index (χ1n) is 8.64. The molecule has 0 aromatic heterocycles. The van der Waals surface area contributed by atoms with Gasteiger partial charge in [0.05, 0.1) is 5.60 Å². The summed E-state index contributed by atoms with van der Waals surface area (Å²) < 4.78 is 11.3. The molecule has 1 heterocycles. The number of rotatable bonds is 6. The molecule has 1 saturated heterocycles. The van der Waals surface area contributed by atoms with Crippen molar-refractivity contribution in [3.63, 3.8) is 0 Å². The van der Waals surface area contributed by atoms with Crippen molar-refractivity contribution in [2.45, 2.75) is 38.1 Å². The summed E-state index contributed by atoms with van der Waals surface area (Å²) in [4.78, 5) is 25.7. The topological polar surface area (TPSA) is 55.8 Å². The molecule has 0 N–H and O–H groups in total. The highest BCUT2D eigenvalue weighted by Gasteiger charge is 2.48. The number of hydrogen-bond donors (Lipinski definition) is 0. The van der Waals surface area contributed by atoms with Crippen molar-refractivity contribution in [2.75, 3.05) is 6.61 Å². The average molecular weight is 353 g/mol. The highest BCUT2D eigenvalue weighted by atomic mass is 16.5. The van der Waals surface area contributed by atoms with Gasteiger partial charge >= 0.3 is 0 Å². The minimum Gasteiger partial charge on any atom is -0.457 e. The van der Waals surface area contributed by atoms with E-state index < -0.39 is 17.7 Å². The van der Waals surface area contributed by atoms with Gasteiger partial charge in [-0.1, -0.05) is 60.7 Å². The fourth-order valence-corrected chi connectivity index (χ4v) is 3.48. The first-order valence-corrected chi connectivity index (χ1v) is 8.64. The Labute approximate surface area is 153 Å². The Balaban J connectivity index is 2.01. The summed E-state index contributed by atoms with van der Waals surface area (Å²) in [5.41, 5.74) is 1.17. The number of amides is 1. The molecule has 2 atom stereocenters. The Bertz CT molecular complexity index is 745. The summed E-state index contributed by atoms with van der Waals surface area (Å²) in [5.74, 6) is -0.117. The second kappa shape index (κ2) is 7.70. The molecule has 2 aromatic carbocycles. The average Bonchev–Trinajstić information content (AvgIpc) is 2.65. The lowest BCUT2D eigenvalue weighted by Gasteiger charge is -2.48. The molecular weight excluding hydrogens is 330 g/mol. The number of nitrogens with zero attached hydrogens (tertiary/aromatic N) is 1. The Hall–Kier alpha value is -2.66. The first-order chi connectivity index (χ1) is 12.5. The molecule has 0 bridgehead atoms. The van der Waals surface area contributed by atoms with Crippen molar-refractivity contribution < 1.29 is 19.1 Å². The van der Waals surface area contributed by atoms with Crippen molar-refractivity contribution in [3.05, 3.63) is 71.8 Å². The van der Waals surface area contributed by atoms with Gasteiger partial charge in [0.25, 0.3) is 6.47 Å². The molecule has 26 heavy (non-hydrogen) atoms. The minimum atomic E-state index is -0.674.